The van der Waals surface area contributed by atoms with E-state index in [2.05, 4.69) is 26.0 Å². The predicted octanol–water partition coefficient (Wildman–Crippen LogP) is 3.52. The van der Waals surface area contributed by atoms with Gasteiger partial charge in [-0.15, -0.1) is 0 Å². The van der Waals surface area contributed by atoms with E-state index < -0.39 is 0 Å². The summed E-state index contributed by atoms with van der Waals surface area (Å²) in [5, 5.41) is 0.978. The topological polar surface area (TPSA) is 32.3 Å². The van der Waals surface area contributed by atoms with E-state index in [9.17, 15) is 4.39 Å². The van der Waals surface area contributed by atoms with Gasteiger partial charge >= 0.3 is 0 Å². The third kappa shape index (κ3) is 4.51. The minimum atomic E-state index is -0.233. The second-order valence-electron chi connectivity index (χ2n) is 6.34. The van der Waals surface area contributed by atoms with Crippen LogP contribution in [0.25, 0.3) is 11.4 Å². The zero-order chi connectivity index (χ0) is 18.5. The number of hydrogen-bond acceptors (Lipinski definition) is 5. The van der Waals surface area contributed by atoms with Crippen molar-refractivity contribution in [3.8, 4) is 23.2 Å². The average Bonchev–Trinajstić information content (AvgIpc) is 3.21. The van der Waals surface area contributed by atoms with Crippen molar-refractivity contribution < 1.29 is 4.39 Å². The minimum absolute atomic E-state index is 0.233. The third-order valence-electron chi connectivity index (χ3n) is 4.47. The molecular weight excluding hydrogens is 359 g/mol. The highest BCUT2D eigenvalue weighted by atomic mass is 32.1. The van der Waals surface area contributed by atoms with Crippen LogP contribution in [-0.4, -0.2) is 47.0 Å². The molecule has 1 aliphatic heterocycles. The Hall–Kier alpha value is -2.75. The molecule has 4 nitrogen and oxygen atoms in total. The lowest BCUT2D eigenvalue weighted by Crippen LogP contribution is -2.46. The van der Waals surface area contributed by atoms with Gasteiger partial charge in [0.15, 0.2) is 5.82 Å². The lowest BCUT2D eigenvalue weighted by atomic mass is 10.2. The van der Waals surface area contributed by atoms with E-state index in [-0.39, 0.29) is 5.82 Å². The number of nitrogens with zero attached hydrogens (tertiary/aromatic N) is 4. The van der Waals surface area contributed by atoms with Crippen LogP contribution in [0, 0.1) is 17.7 Å². The molecule has 0 unspecified atom stereocenters. The maximum Gasteiger partial charge on any atom is 0.205 e. The molecule has 4 rings (SSSR count). The van der Waals surface area contributed by atoms with Crippen molar-refractivity contribution in [2.24, 2.45) is 0 Å². The summed E-state index contributed by atoms with van der Waals surface area (Å²) in [6, 6.07) is 16.4. The molecule has 1 aliphatic rings. The van der Waals surface area contributed by atoms with Gasteiger partial charge in [-0.25, -0.2) is 4.39 Å². The van der Waals surface area contributed by atoms with Crippen LogP contribution >= 0.6 is 11.5 Å². The van der Waals surface area contributed by atoms with E-state index in [4.69, 9.17) is 4.98 Å². The van der Waals surface area contributed by atoms with Crippen LogP contribution in [0.3, 0.4) is 0 Å². The smallest absolute Gasteiger partial charge is 0.205 e. The van der Waals surface area contributed by atoms with E-state index in [1.807, 2.05) is 30.3 Å². The fourth-order valence-corrected chi connectivity index (χ4v) is 3.67. The Morgan fingerprint density at radius 3 is 2.44 bits per heavy atom. The summed E-state index contributed by atoms with van der Waals surface area (Å²) in [6.45, 7) is 4.44. The molecule has 0 atom stereocenters. The number of halogens is 1. The number of anilines is 1. The molecular formula is C21H19FN4S. The zero-order valence-electron chi connectivity index (χ0n) is 14.8. The summed E-state index contributed by atoms with van der Waals surface area (Å²) in [7, 11) is 0. The van der Waals surface area contributed by atoms with Gasteiger partial charge in [-0.05, 0) is 24.3 Å². The molecule has 6 heteroatoms. The first-order valence-corrected chi connectivity index (χ1v) is 9.66. The zero-order valence-corrected chi connectivity index (χ0v) is 15.6. The highest BCUT2D eigenvalue weighted by Gasteiger charge is 2.19. The van der Waals surface area contributed by atoms with Crippen LogP contribution in [-0.2, 0) is 0 Å². The second-order valence-corrected chi connectivity index (χ2v) is 7.07. The Morgan fingerprint density at radius 1 is 0.963 bits per heavy atom. The van der Waals surface area contributed by atoms with E-state index in [0.29, 0.717) is 0 Å². The van der Waals surface area contributed by atoms with Gasteiger partial charge in [0.25, 0.3) is 0 Å². The van der Waals surface area contributed by atoms with Crippen molar-refractivity contribution >= 4 is 16.7 Å². The molecule has 1 saturated heterocycles. The van der Waals surface area contributed by atoms with Crippen LogP contribution in [0.2, 0.25) is 0 Å². The molecule has 3 aromatic rings. The van der Waals surface area contributed by atoms with Crippen molar-refractivity contribution in [2.75, 3.05) is 37.6 Å². The van der Waals surface area contributed by atoms with Gasteiger partial charge in [0.05, 0.1) is 6.54 Å². The van der Waals surface area contributed by atoms with Gasteiger partial charge in [-0.3, -0.25) is 4.90 Å². The van der Waals surface area contributed by atoms with Gasteiger partial charge in [0, 0.05) is 48.8 Å². The Bertz CT molecular complexity index is 936. The number of hydrogen-bond donors (Lipinski definition) is 0. The number of rotatable bonds is 3. The molecule has 0 spiro atoms. The van der Waals surface area contributed by atoms with Gasteiger partial charge in [-0.2, -0.15) is 9.36 Å². The minimum Gasteiger partial charge on any atom is -0.344 e. The first-order chi connectivity index (χ1) is 13.3. The van der Waals surface area contributed by atoms with Crippen LogP contribution in [0.4, 0.5) is 9.52 Å². The fourth-order valence-electron chi connectivity index (χ4n) is 2.93. The van der Waals surface area contributed by atoms with Gasteiger partial charge in [0.1, 0.15) is 5.82 Å². The van der Waals surface area contributed by atoms with Gasteiger partial charge in [0.2, 0.25) is 5.13 Å². The number of aromatic nitrogens is 2. The Balaban J connectivity index is 1.30. The molecule has 0 bridgehead atoms. The quantitative estimate of drug-likeness (QED) is 0.653. The van der Waals surface area contributed by atoms with Crippen molar-refractivity contribution in [1.82, 2.24) is 14.3 Å². The molecule has 27 heavy (non-hydrogen) atoms. The first kappa shape index (κ1) is 17.7. The maximum atomic E-state index is 12.9. The van der Waals surface area contributed by atoms with Crippen LogP contribution in [0.15, 0.2) is 54.6 Å². The summed E-state index contributed by atoms with van der Waals surface area (Å²) >= 11 is 1.46. The highest BCUT2D eigenvalue weighted by Crippen LogP contribution is 2.24. The van der Waals surface area contributed by atoms with E-state index in [1.54, 1.807) is 12.1 Å². The molecule has 1 fully saturated rings. The Kier molecular flexibility index (Phi) is 5.42. The lowest BCUT2D eigenvalue weighted by Gasteiger charge is -2.33. The van der Waals surface area contributed by atoms with E-state index >= 15 is 0 Å². The third-order valence-corrected chi connectivity index (χ3v) is 5.25. The molecule has 1 aromatic heterocycles. The maximum absolute atomic E-state index is 12.9. The summed E-state index contributed by atoms with van der Waals surface area (Å²) in [4.78, 5) is 9.31. The average molecular weight is 378 g/mol. The Labute approximate surface area is 162 Å². The summed E-state index contributed by atoms with van der Waals surface area (Å²) in [5.41, 5.74) is 1.90. The number of piperazine rings is 1. The molecule has 0 amide bonds. The highest BCUT2D eigenvalue weighted by molar-refractivity contribution is 7.09. The Morgan fingerprint density at radius 2 is 1.70 bits per heavy atom. The van der Waals surface area contributed by atoms with Crippen LogP contribution < -0.4 is 4.90 Å². The van der Waals surface area contributed by atoms with Crippen molar-refractivity contribution in [3.63, 3.8) is 0 Å². The molecule has 2 aromatic carbocycles. The molecule has 136 valence electrons. The van der Waals surface area contributed by atoms with Crippen LogP contribution in [0.5, 0.6) is 0 Å². The summed E-state index contributed by atoms with van der Waals surface area (Å²) in [6.07, 6.45) is 0. The van der Waals surface area contributed by atoms with Gasteiger partial charge in [-0.1, -0.05) is 42.2 Å². The SMILES string of the molecule is Fc1ccc(C#CCN2CCN(c3nc(-c4ccccc4)ns3)CC2)cc1. The summed E-state index contributed by atoms with van der Waals surface area (Å²) < 4.78 is 17.4. The predicted molar refractivity (Wildman–Crippen MR) is 107 cm³/mol. The second kappa shape index (κ2) is 8.30. The van der Waals surface area contributed by atoms with Crippen molar-refractivity contribution in [3.05, 3.63) is 66.0 Å². The molecule has 0 radical (unpaired) electrons. The fraction of sp³-hybridized carbons (Fsp3) is 0.238. The monoisotopic (exact) mass is 378 g/mol. The molecule has 0 N–H and O–H groups in total. The largest absolute Gasteiger partial charge is 0.344 e. The lowest BCUT2D eigenvalue weighted by molar-refractivity contribution is 0.288. The van der Waals surface area contributed by atoms with Crippen molar-refractivity contribution in [1.29, 1.82) is 0 Å². The normalized spacial score (nSPS) is 14.6. The molecule has 0 aliphatic carbocycles. The first-order valence-electron chi connectivity index (χ1n) is 8.89. The molecule has 0 saturated carbocycles. The van der Waals surface area contributed by atoms with E-state index in [1.165, 1.54) is 23.7 Å². The standard InChI is InChI=1S/C21H19FN4S/c22-19-10-8-17(9-11-19)5-4-12-25-13-15-26(16-14-25)21-23-20(24-27-21)18-6-2-1-3-7-18/h1-3,6-11H,12-16H2. The number of benzene rings is 2. The summed E-state index contributed by atoms with van der Waals surface area (Å²) in [5.74, 6) is 6.83. The van der Waals surface area contributed by atoms with E-state index in [0.717, 1.165) is 54.8 Å². The molecule has 2 heterocycles. The van der Waals surface area contributed by atoms with Crippen LogP contribution in [0.1, 0.15) is 5.56 Å². The van der Waals surface area contributed by atoms with Crippen molar-refractivity contribution in [2.45, 2.75) is 0 Å². The van der Waals surface area contributed by atoms with Gasteiger partial charge < -0.3 is 4.90 Å².